The standard InChI is InChI=1S/C18H25N3O6S/c1-11(2)16(17(22)19-9-14-15(28)7-8-26-14)20-18(23)27-10-12-3-5-13(6-4-12)21(24)25/h3-6,11,14-16,28H,7-10H2,1-2H3,(H,19,22)(H,20,23)/t14-,15-,16+/m1/s1. The second kappa shape index (κ2) is 10.3. The Balaban J connectivity index is 1.82. The average molecular weight is 411 g/mol. The third kappa shape index (κ3) is 6.38. The van der Waals surface area contributed by atoms with Crippen molar-refractivity contribution in [3.63, 3.8) is 0 Å². The van der Waals surface area contributed by atoms with Gasteiger partial charge in [0, 0.05) is 30.5 Å². The molecular weight excluding hydrogens is 386 g/mol. The molecule has 28 heavy (non-hydrogen) atoms. The molecule has 1 heterocycles. The molecule has 3 atom stereocenters. The number of benzene rings is 1. The van der Waals surface area contributed by atoms with Crippen molar-refractivity contribution in [1.29, 1.82) is 0 Å². The van der Waals surface area contributed by atoms with Crippen LogP contribution < -0.4 is 10.6 Å². The fraction of sp³-hybridized carbons (Fsp3) is 0.556. The monoisotopic (exact) mass is 411 g/mol. The Labute approximate surface area is 168 Å². The van der Waals surface area contributed by atoms with Crippen molar-refractivity contribution in [2.24, 2.45) is 5.92 Å². The number of amides is 2. The van der Waals surface area contributed by atoms with Crippen molar-refractivity contribution in [2.45, 2.75) is 44.3 Å². The van der Waals surface area contributed by atoms with Crippen LogP contribution in [-0.2, 0) is 20.9 Å². The quantitative estimate of drug-likeness (QED) is 0.342. The highest BCUT2D eigenvalue weighted by Gasteiger charge is 2.29. The predicted molar refractivity (Wildman–Crippen MR) is 105 cm³/mol. The first-order valence-electron chi connectivity index (χ1n) is 9.02. The number of nitrogens with zero attached hydrogens (tertiary/aromatic N) is 1. The van der Waals surface area contributed by atoms with E-state index >= 15 is 0 Å². The van der Waals surface area contributed by atoms with Crippen LogP contribution in [-0.4, -0.2) is 47.5 Å². The first kappa shape index (κ1) is 22.0. The third-order valence-electron chi connectivity index (χ3n) is 4.39. The molecule has 9 nitrogen and oxygen atoms in total. The van der Waals surface area contributed by atoms with Crippen LogP contribution in [0.5, 0.6) is 0 Å². The van der Waals surface area contributed by atoms with E-state index in [2.05, 4.69) is 23.3 Å². The number of alkyl carbamates (subject to hydrolysis) is 1. The van der Waals surface area contributed by atoms with Gasteiger partial charge in [-0.1, -0.05) is 13.8 Å². The number of nitrogens with one attached hydrogen (secondary N) is 2. The summed E-state index contributed by atoms with van der Waals surface area (Å²) in [6.07, 6.45) is -0.0460. The van der Waals surface area contributed by atoms with Gasteiger partial charge in [-0.05, 0) is 30.0 Å². The largest absolute Gasteiger partial charge is 0.445 e. The van der Waals surface area contributed by atoms with Crippen molar-refractivity contribution in [2.75, 3.05) is 13.2 Å². The SMILES string of the molecule is CC(C)[C@H](NC(=O)OCc1ccc([N+](=O)[O-])cc1)C(=O)NC[C@H]1OCC[C@H]1S. The lowest BCUT2D eigenvalue weighted by molar-refractivity contribution is -0.384. The predicted octanol–water partition coefficient (Wildman–Crippen LogP) is 2.05. The van der Waals surface area contributed by atoms with Crippen LogP contribution >= 0.6 is 12.6 Å². The Morgan fingerprint density at radius 1 is 1.36 bits per heavy atom. The summed E-state index contributed by atoms with van der Waals surface area (Å²) in [5.41, 5.74) is 0.559. The van der Waals surface area contributed by atoms with Crippen molar-refractivity contribution < 1.29 is 24.0 Å². The topological polar surface area (TPSA) is 120 Å². The Hall–Kier alpha value is -2.33. The molecule has 0 unspecified atom stereocenters. The van der Waals surface area contributed by atoms with Gasteiger partial charge < -0.3 is 20.1 Å². The summed E-state index contributed by atoms with van der Waals surface area (Å²) in [7, 11) is 0. The zero-order valence-electron chi connectivity index (χ0n) is 15.8. The number of ether oxygens (including phenoxy) is 2. The molecule has 0 saturated carbocycles. The molecule has 0 spiro atoms. The summed E-state index contributed by atoms with van der Waals surface area (Å²) in [5, 5.41) is 16.1. The minimum Gasteiger partial charge on any atom is -0.445 e. The molecule has 2 amide bonds. The van der Waals surface area contributed by atoms with E-state index in [-0.39, 0.29) is 35.5 Å². The summed E-state index contributed by atoms with van der Waals surface area (Å²) in [4.78, 5) is 34.6. The average Bonchev–Trinajstić information content (AvgIpc) is 3.07. The lowest BCUT2D eigenvalue weighted by Crippen LogP contribution is -2.51. The molecule has 154 valence electrons. The number of nitro groups is 1. The van der Waals surface area contributed by atoms with Crippen molar-refractivity contribution in [3.05, 3.63) is 39.9 Å². The smallest absolute Gasteiger partial charge is 0.408 e. The van der Waals surface area contributed by atoms with E-state index in [1.165, 1.54) is 24.3 Å². The first-order valence-corrected chi connectivity index (χ1v) is 9.53. The van der Waals surface area contributed by atoms with Gasteiger partial charge >= 0.3 is 6.09 Å². The van der Waals surface area contributed by atoms with Gasteiger partial charge in [-0.15, -0.1) is 0 Å². The summed E-state index contributed by atoms with van der Waals surface area (Å²) in [6.45, 7) is 4.52. The van der Waals surface area contributed by atoms with Crippen LogP contribution in [0.3, 0.4) is 0 Å². The van der Waals surface area contributed by atoms with Crippen LogP contribution in [0.4, 0.5) is 10.5 Å². The van der Waals surface area contributed by atoms with Gasteiger partial charge in [0.25, 0.3) is 5.69 Å². The van der Waals surface area contributed by atoms with Crippen LogP contribution in [0.1, 0.15) is 25.8 Å². The maximum Gasteiger partial charge on any atom is 0.408 e. The summed E-state index contributed by atoms with van der Waals surface area (Å²) in [5.74, 6) is -0.471. The van der Waals surface area contributed by atoms with Crippen LogP contribution in [0.25, 0.3) is 0 Å². The molecule has 1 aliphatic rings. The molecule has 0 aliphatic carbocycles. The van der Waals surface area contributed by atoms with Gasteiger partial charge in [-0.25, -0.2) is 4.79 Å². The molecule has 1 aromatic rings. The molecule has 0 bridgehead atoms. The van der Waals surface area contributed by atoms with E-state index in [1.54, 1.807) is 0 Å². The van der Waals surface area contributed by atoms with Gasteiger partial charge in [-0.2, -0.15) is 12.6 Å². The third-order valence-corrected chi connectivity index (χ3v) is 4.98. The molecule has 1 saturated heterocycles. The van der Waals surface area contributed by atoms with Crippen molar-refractivity contribution in [1.82, 2.24) is 10.6 Å². The van der Waals surface area contributed by atoms with Gasteiger partial charge in [0.2, 0.25) is 5.91 Å². The minimum atomic E-state index is -0.760. The second-order valence-corrected chi connectivity index (χ2v) is 7.54. The minimum absolute atomic E-state index is 0.0422. The molecular formula is C18H25N3O6S. The Morgan fingerprint density at radius 3 is 2.57 bits per heavy atom. The highest BCUT2D eigenvalue weighted by atomic mass is 32.1. The molecule has 0 radical (unpaired) electrons. The Kier molecular flexibility index (Phi) is 8.06. The van der Waals surface area contributed by atoms with E-state index in [0.717, 1.165) is 6.42 Å². The molecule has 2 rings (SSSR count). The van der Waals surface area contributed by atoms with Gasteiger partial charge in [-0.3, -0.25) is 14.9 Å². The van der Waals surface area contributed by atoms with E-state index in [0.29, 0.717) is 18.7 Å². The number of non-ortho nitro benzene ring substituents is 1. The zero-order valence-corrected chi connectivity index (χ0v) is 16.7. The Morgan fingerprint density at radius 2 is 2.04 bits per heavy atom. The van der Waals surface area contributed by atoms with Crippen LogP contribution in [0.2, 0.25) is 0 Å². The molecule has 10 heteroatoms. The number of thiol groups is 1. The maximum atomic E-state index is 12.4. The molecule has 1 fully saturated rings. The molecule has 1 aliphatic heterocycles. The summed E-state index contributed by atoms with van der Waals surface area (Å²) >= 11 is 4.41. The lowest BCUT2D eigenvalue weighted by Gasteiger charge is -2.23. The van der Waals surface area contributed by atoms with Crippen LogP contribution in [0.15, 0.2) is 24.3 Å². The molecule has 0 aromatic heterocycles. The molecule has 1 aromatic carbocycles. The van der Waals surface area contributed by atoms with Crippen LogP contribution in [0, 0.1) is 16.0 Å². The number of carbonyl (C=O) groups is 2. The van der Waals surface area contributed by atoms with E-state index < -0.39 is 17.1 Å². The highest BCUT2D eigenvalue weighted by molar-refractivity contribution is 7.81. The number of carbonyl (C=O) groups excluding carboxylic acids is 2. The zero-order chi connectivity index (χ0) is 20.7. The van der Waals surface area contributed by atoms with Gasteiger partial charge in [0.1, 0.15) is 12.6 Å². The highest BCUT2D eigenvalue weighted by Crippen LogP contribution is 2.18. The van der Waals surface area contributed by atoms with E-state index in [1.807, 2.05) is 13.8 Å². The normalized spacial score (nSPS) is 19.9. The lowest BCUT2D eigenvalue weighted by atomic mass is 10.0. The maximum absolute atomic E-state index is 12.4. The van der Waals surface area contributed by atoms with Gasteiger partial charge in [0.15, 0.2) is 0 Å². The van der Waals surface area contributed by atoms with E-state index in [9.17, 15) is 19.7 Å². The number of rotatable bonds is 8. The summed E-state index contributed by atoms with van der Waals surface area (Å²) < 4.78 is 10.6. The van der Waals surface area contributed by atoms with Crippen molar-refractivity contribution >= 4 is 30.3 Å². The Bertz CT molecular complexity index is 697. The number of hydrogen-bond donors (Lipinski definition) is 3. The number of hydrogen-bond acceptors (Lipinski definition) is 7. The van der Waals surface area contributed by atoms with Crippen molar-refractivity contribution in [3.8, 4) is 0 Å². The van der Waals surface area contributed by atoms with E-state index in [4.69, 9.17) is 9.47 Å². The second-order valence-electron chi connectivity index (χ2n) is 6.88. The first-order chi connectivity index (χ1) is 13.3. The fourth-order valence-electron chi connectivity index (χ4n) is 2.71. The number of nitro benzene ring substituents is 1. The summed E-state index contributed by atoms with van der Waals surface area (Å²) in [6, 6.07) is 4.92. The molecule has 2 N–H and O–H groups in total. The van der Waals surface area contributed by atoms with Gasteiger partial charge in [0.05, 0.1) is 11.0 Å². The fourth-order valence-corrected chi connectivity index (χ4v) is 3.01.